The Balaban J connectivity index is 1.24. The number of likely N-dealkylation sites (tertiary alicyclic amines) is 1. The molecule has 1 aliphatic heterocycles. The van der Waals surface area contributed by atoms with Gasteiger partial charge in [0, 0.05) is 17.6 Å². The number of benzene rings is 2. The van der Waals surface area contributed by atoms with Crippen LogP contribution >= 0.6 is 11.3 Å². The Hall–Kier alpha value is -2.54. The highest BCUT2D eigenvalue weighted by Crippen LogP contribution is 2.31. The fraction of sp³-hybridized carbons (Fsp3) is 0.360. The van der Waals surface area contributed by atoms with E-state index >= 15 is 0 Å². The van der Waals surface area contributed by atoms with E-state index in [0.717, 1.165) is 54.4 Å². The topological polar surface area (TPSA) is 65.5 Å². The van der Waals surface area contributed by atoms with Gasteiger partial charge in [-0.25, -0.2) is 4.98 Å². The van der Waals surface area contributed by atoms with Gasteiger partial charge in [0.1, 0.15) is 5.01 Å². The van der Waals surface area contributed by atoms with E-state index in [1.165, 1.54) is 5.56 Å². The predicted octanol–water partition coefficient (Wildman–Crippen LogP) is 4.58. The van der Waals surface area contributed by atoms with Crippen molar-refractivity contribution in [2.45, 2.75) is 38.8 Å². The number of hydrogen-bond donors (Lipinski definition) is 2. The molecule has 0 aliphatic carbocycles. The van der Waals surface area contributed by atoms with E-state index < -0.39 is 0 Å². The summed E-state index contributed by atoms with van der Waals surface area (Å²) in [4.78, 5) is 19.4. The first-order chi connectivity index (χ1) is 15.1. The number of carbonyl (C=O) groups excluding carboxylic acids is 1. The maximum Gasteiger partial charge on any atom is 0.231 e. The predicted molar refractivity (Wildman–Crippen MR) is 125 cm³/mol. The van der Waals surface area contributed by atoms with Gasteiger partial charge in [-0.2, -0.15) is 0 Å². The summed E-state index contributed by atoms with van der Waals surface area (Å²) < 4.78 is 0. The van der Waals surface area contributed by atoms with Crippen LogP contribution in [0.25, 0.3) is 0 Å². The number of carbonyl (C=O) groups is 1. The molecule has 1 unspecified atom stereocenters. The number of aromatic nitrogens is 1. The van der Waals surface area contributed by atoms with E-state index in [2.05, 4.69) is 20.6 Å². The highest BCUT2D eigenvalue weighted by molar-refractivity contribution is 7.09. The lowest BCUT2D eigenvalue weighted by Crippen LogP contribution is -2.35. The van der Waals surface area contributed by atoms with Crippen molar-refractivity contribution in [1.29, 1.82) is 0 Å². The lowest BCUT2D eigenvalue weighted by Gasteiger charge is -2.34. The molecule has 2 heterocycles. The number of thiazole rings is 1. The first kappa shape index (κ1) is 21.7. The molecule has 1 atom stereocenters. The van der Waals surface area contributed by atoms with Crippen LogP contribution in [0.2, 0.25) is 0 Å². The van der Waals surface area contributed by atoms with Crippen LogP contribution in [0.1, 0.15) is 40.8 Å². The number of nitrogens with one attached hydrogen (secondary N) is 1. The second-order valence-corrected chi connectivity index (χ2v) is 9.24. The van der Waals surface area contributed by atoms with Crippen LogP contribution in [0.4, 0.5) is 5.69 Å². The largest absolute Gasteiger partial charge is 0.388 e. The molecule has 1 fully saturated rings. The zero-order valence-electron chi connectivity index (χ0n) is 17.8. The van der Waals surface area contributed by atoms with Crippen molar-refractivity contribution < 1.29 is 9.90 Å². The van der Waals surface area contributed by atoms with Crippen LogP contribution < -0.4 is 5.32 Å². The number of nitrogens with zero attached hydrogens (tertiary/aromatic N) is 2. The zero-order valence-corrected chi connectivity index (χ0v) is 18.6. The third kappa shape index (κ3) is 6.00. The number of piperidine rings is 1. The fourth-order valence-electron chi connectivity index (χ4n) is 4.06. The van der Waals surface area contributed by atoms with Crippen molar-refractivity contribution in [2.75, 3.05) is 18.4 Å². The van der Waals surface area contributed by atoms with E-state index in [1.54, 1.807) is 11.3 Å². The van der Waals surface area contributed by atoms with Gasteiger partial charge in [-0.1, -0.05) is 48.0 Å². The average Bonchev–Trinajstić information content (AvgIpc) is 3.22. The van der Waals surface area contributed by atoms with E-state index in [4.69, 9.17) is 0 Å². The molecule has 0 radical (unpaired) electrons. The second-order valence-electron chi connectivity index (χ2n) is 8.29. The Labute approximate surface area is 187 Å². The monoisotopic (exact) mass is 435 g/mol. The van der Waals surface area contributed by atoms with Gasteiger partial charge in [0.2, 0.25) is 5.91 Å². The minimum atomic E-state index is -0.388. The highest BCUT2D eigenvalue weighted by atomic mass is 32.1. The molecular formula is C25H29N3O2S. The van der Waals surface area contributed by atoms with E-state index in [9.17, 15) is 9.90 Å². The third-order valence-electron chi connectivity index (χ3n) is 5.85. The van der Waals surface area contributed by atoms with Crippen molar-refractivity contribution in [2.24, 2.45) is 5.92 Å². The van der Waals surface area contributed by atoms with Gasteiger partial charge in [-0.3, -0.25) is 9.69 Å². The molecular weight excluding hydrogens is 406 g/mol. The Kier molecular flexibility index (Phi) is 7.12. The summed E-state index contributed by atoms with van der Waals surface area (Å²) in [5.74, 6) is 0.260. The van der Waals surface area contributed by atoms with Gasteiger partial charge in [-0.05, 0) is 56.5 Å². The lowest BCUT2D eigenvalue weighted by atomic mass is 9.87. The minimum Gasteiger partial charge on any atom is -0.388 e. The Morgan fingerprint density at radius 1 is 1.16 bits per heavy atom. The number of aliphatic hydroxyl groups is 1. The van der Waals surface area contributed by atoms with Crippen molar-refractivity contribution in [1.82, 2.24) is 9.88 Å². The van der Waals surface area contributed by atoms with Gasteiger partial charge < -0.3 is 10.4 Å². The summed E-state index contributed by atoms with van der Waals surface area (Å²) in [6.45, 7) is 4.73. The number of aryl methyl sites for hydroxylation is 1. The average molecular weight is 436 g/mol. The molecule has 3 aromatic rings. The number of anilines is 1. The SMILES string of the molecule is Cc1ccc(NC(=O)Cc2nc(CN3CCC(C(O)c4ccccc4)CC3)cs2)cc1. The van der Waals surface area contributed by atoms with Crippen LogP contribution in [0.3, 0.4) is 0 Å². The maximum atomic E-state index is 12.3. The van der Waals surface area contributed by atoms with Crippen LogP contribution in [0.5, 0.6) is 0 Å². The van der Waals surface area contributed by atoms with Gasteiger partial charge in [0.05, 0.1) is 18.2 Å². The number of aliphatic hydroxyl groups excluding tert-OH is 1. The lowest BCUT2D eigenvalue weighted by molar-refractivity contribution is -0.115. The Morgan fingerprint density at radius 2 is 1.87 bits per heavy atom. The summed E-state index contributed by atoms with van der Waals surface area (Å²) >= 11 is 1.54. The quantitative estimate of drug-likeness (QED) is 0.570. The molecule has 5 nitrogen and oxygen atoms in total. The molecule has 0 bridgehead atoms. The molecule has 162 valence electrons. The molecule has 2 N–H and O–H groups in total. The van der Waals surface area contributed by atoms with Crippen LogP contribution in [0.15, 0.2) is 60.0 Å². The molecule has 1 amide bonds. The molecule has 2 aromatic carbocycles. The number of amides is 1. The number of rotatable bonds is 7. The Bertz CT molecular complexity index is 980. The molecule has 1 aliphatic rings. The maximum absolute atomic E-state index is 12.3. The molecule has 4 rings (SSSR count). The standard InChI is InChI=1S/C25H29N3O2S/c1-18-7-9-21(10-8-18)26-23(29)15-24-27-22(17-31-24)16-28-13-11-20(12-14-28)25(30)19-5-3-2-4-6-19/h2-10,17,20,25,30H,11-16H2,1H3,(H,26,29). The zero-order chi connectivity index (χ0) is 21.6. The normalized spacial score (nSPS) is 16.2. The molecule has 0 saturated carbocycles. The van der Waals surface area contributed by atoms with Crippen LogP contribution in [-0.2, 0) is 17.8 Å². The van der Waals surface area contributed by atoms with Crippen molar-refractivity contribution in [3.8, 4) is 0 Å². The smallest absolute Gasteiger partial charge is 0.231 e. The summed E-state index contributed by atoms with van der Waals surface area (Å²) in [6, 6.07) is 17.7. The van der Waals surface area contributed by atoms with Gasteiger partial charge in [-0.15, -0.1) is 11.3 Å². The van der Waals surface area contributed by atoms with E-state index in [1.807, 2.05) is 61.5 Å². The van der Waals surface area contributed by atoms with Crippen molar-refractivity contribution in [3.05, 3.63) is 81.8 Å². The molecule has 1 aromatic heterocycles. The second kappa shape index (κ2) is 10.2. The molecule has 6 heteroatoms. The third-order valence-corrected chi connectivity index (χ3v) is 6.75. The summed E-state index contributed by atoms with van der Waals surface area (Å²) in [5.41, 5.74) is 4.01. The fourth-order valence-corrected chi connectivity index (χ4v) is 4.84. The Morgan fingerprint density at radius 3 is 2.58 bits per heavy atom. The summed E-state index contributed by atoms with van der Waals surface area (Å²) in [6.07, 6.45) is 1.86. The van der Waals surface area contributed by atoms with Gasteiger partial charge in [0.25, 0.3) is 0 Å². The van der Waals surface area contributed by atoms with Crippen LogP contribution in [0, 0.1) is 12.8 Å². The van der Waals surface area contributed by atoms with Crippen molar-refractivity contribution >= 4 is 22.9 Å². The number of hydrogen-bond acceptors (Lipinski definition) is 5. The van der Waals surface area contributed by atoms with Crippen LogP contribution in [-0.4, -0.2) is 34.0 Å². The van der Waals surface area contributed by atoms with Crippen molar-refractivity contribution in [3.63, 3.8) is 0 Å². The first-order valence-electron chi connectivity index (χ1n) is 10.8. The molecule has 0 spiro atoms. The summed E-state index contributed by atoms with van der Waals surface area (Å²) in [7, 11) is 0. The molecule has 1 saturated heterocycles. The highest BCUT2D eigenvalue weighted by Gasteiger charge is 2.26. The minimum absolute atomic E-state index is 0.0412. The van der Waals surface area contributed by atoms with Gasteiger partial charge in [0.15, 0.2) is 0 Å². The summed E-state index contributed by atoms with van der Waals surface area (Å²) in [5, 5.41) is 16.5. The molecule has 31 heavy (non-hydrogen) atoms. The van der Waals surface area contributed by atoms with E-state index in [0.29, 0.717) is 12.3 Å². The van der Waals surface area contributed by atoms with Gasteiger partial charge >= 0.3 is 0 Å². The van der Waals surface area contributed by atoms with E-state index in [-0.39, 0.29) is 12.0 Å². The first-order valence-corrected chi connectivity index (χ1v) is 11.7.